The van der Waals surface area contributed by atoms with Crippen molar-refractivity contribution in [1.29, 1.82) is 0 Å². The average molecular weight is 405 g/mol. The zero-order valence-corrected chi connectivity index (χ0v) is 17.4. The maximum Gasteiger partial charge on any atom is 0.299 e. The summed E-state index contributed by atoms with van der Waals surface area (Å²) in [7, 11) is 0. The summed E-state index contributed by atoms with van der Waals surface area (Å²) < 4.78 is 36.5. The monoisotopic (exact) mass is 405 g/mol. The summed E-state index contributed by atoms with van der Waals surface area (Å²) in [6, 6.07) is 11.0. The number of halogens is 2. The number of hydrogen-bond donors (Lipinski definition) is 0. The lowest BCUT2D eigenvalue weighted by molar-refractivity contribution is 0.0479. The first-order valence-corrected chi connectivity index (χ1v) is 10.9. The molecule has 2 nitrogen and oxygen atoms in total. The van der Waals surface area contributed by atoms with Gasteiger partial charge in [-0.3, -0.25) is 4.90 Å². The fourth-order valence-electron chi connectivity index (χ4n) is 5.50. The van der Waals surface area contributed by atoms with Crippen molar-refractivity contribution >= 4 is 5.57 Å². The largest absolute Gasteiger partial charge is 0.483 e. The molecule has 0 aromatic heterocycles. The Morgan fingerprint density at radius 3 is 2.57 bits per heavy atom. The van der Waals surface area contributed by atoms with Gasteiger partial charge in [0.25, 0.3) is 5.92 Å². The number of aryl methyl sites for hydroxylation is 1. The molecule has 2 aliphatic heterocycles. The SMILES string of the molecule is CCN1CC2(CC2)CC1C1=C=C(c2ccc3c(c2)C(F)(F)c2cc(C)ccc2-3)CO1. The summed E-state index contributed by atoms with van der Waals surface area (Å²) in [5, 5.41) is 0. The molecule has 1 saturated heterocycles. The Hall–Kier alpha value is -2.42. The second-order valence-electron chi connectivity index (χ2n) is 9.42. The number of likely N-dealkylation sites (N-methyl/N-ethyl adjacent to an activating group) is 1. The molecule has 2 aromatic rings. The van der Waals surface area contributed by atoms with Gasteiger partial charge in [0, 0.05) is 23.2 Å². The number of ether oxygens (including phenoxy) is 1. The molecule has 1 saturated carbocycles. The molecule has 4 aliphatic rings. The Morgan fingerprint density at radius 2 is 1.83 bits per heavy atom. The van der Waals surface area contributed by atoms with Gasteiger partial charge in [0.1, 0.15) is 6.61 Å². The van der Waals surface area contributed by atoms with E-state index < -0.39 is 5.92 Å². The number of rotatable bonds is 3. The fourth-order valence-corrected chi connectivity index (χ4v) is 5.50. The van der Waals surface area contributed by atoms with E-state index in [2.05, 4.69) is 17.6 Å². The summed E-state index contributed by atoms with van der Waals surface area (Å²) in [5.74, 6) is -2.08. The van der Waals surface area contributed by atoms with E-state index >= 15 is 8.78 Å². The smallest absolute Gasteiger partial charge is 0.299 e. The van der Waals surface area contributed by atoms with Crippen LogP contribution in [0.2, 0.25) is 0 Å². The van der Waals surface area contributed by atoms with Gasteiger partial charge in [0.2, 0.25) is 0 Å². The van der Waals surface area contributed by atoms with E-state index in [0.717, 1.165) is 42.0 Å². The van der Waals surface area contributed by atoms with Crippen LogP contribution in [0.4, 0.5) is 8.78 Å². The highest BCUT2D eigenvalue weighted by Crippen LogP contribution is 2.56. The van der Waals surface area contributed by atoms with Gasteiger partial charge in [-0.2, -0.15) is 8.78 Å². The Morgan fingerprint density at radius 1 is 1.10 bits per heavy atom. The molecule has 154 valence electrons. The molecule has 0 bridgehead atoms. The molecule has 0 radical (unpaired) electrons. The van der Waals surface area contributed by atoms with E-state index in [4.69, 9.17) is 4.74 Å². The minimum absolute atomic E-state index is 0.0938. The first-order valence-electron chi connectivity index (χ1n) is 10.9. The van der Waals surface area contributed by atoms with Crippen LogP contribution in [0.25, 0.3) is 16.7 Å². The number of nitrogens with zero attached hydrogens (tertiary/aromatic N) is 1. The fraction of sp³-hybridized carbons (Fsp3) is 0.423. The molecule has 1 spiro atoms. The molecule has 1 unspecified atom stereocenters. The third-order valence-corrected chi connectivity index (χ3v) is 7.43. The molecule has 30 heavy (non-hydrogen) atoms. The predicted molar refractivity (Wildman–Crippen MR) is 113 cm³/mol. The summed E-state index contributed by atoms with van der Waals surface area (Å²) >= 11 is 0. The summed E-state index contributed by atoms with van der Waals surface area (Å²) in [4.78, 5) is 2.48. The second kappa shape index (κ2) is 6.06. The molecule has 0 N–H and O–H groups in total. The van der Waals surface area contributed by atoms with Crippen molar-refractivity contribution in [2.24, 2.45) is 5.41 Å². The van der Waals surface area contributed by atoms with Crippen molar-refractivity contribution in [3.63, 3.8) is 0 Å². The van der Waals surface area contributed by atoms with Crippen LogP contribution in [-0.2, 0) is 10.7 Å². The van der Waals surface area contributed by atoms with Crippen molar-refractivity contribution in [1.82, 2.24) is 4.90 Å². The van der Waals surface area contributed by atoms with Gasteiger partial charge in [-0.05, 0) is 67.0 Å². The van der Waals surface area contributed by atoms with E-state index in [0.29, 0.717) is 23.1 Å². The van der Waals surface area contributed by atoms with Crippen LogP contribution in [0.1, 0.15) is 48.4 Å². The number of alkyl halides is 2. The Labute approximate surface area is 175 Å². The molecule has 2 aliphatic carbocycles. The van der Waals surface area contributed by atoms with Crippen molar-refractivity contribution in [2.75, 3.05) is 19.7 Å². The highest BCUT2D eigenvalue weighted by atomic mass is 19.3. The molecule has 1 atom stereocenters. The maximum atomic E-state index is 15.2. The predicted octanol–water partition coefficient (Wildman–Crippen LogP) is 5.89. The Kier molecular flexibility index (Phi) is 3.71. The van der Waals surface area contributed by atoms with Crippen LogP contribution in [0.5, 0.6) is 0 Å². The Balaban J connectivity index is 1.38. The van der Waals surface area contributed by atoms with Gasteiger partial charge in [0.05, 0.1) is 6.04 Å². The molecule has 2 heterocycles. The summed E-state index contributed by atoms with van der Waals surface area (Å²) in [6.45, 7) is 6.59. The van der Waals surface area contributed by atoms with Gasteiger partial charge < -0.3 is 4.74 Å². The van der Waals surface area contributed by atoms with Gasteiger partial charge in [-0.1, -0.05) is 42.5 Å². The van der Waals surface area contributed by atoms with E-state index in [1.807, 2.05) is 31.2 Å². The average Bonchev–Trinajstić information content (AvgIpc) is 3.09. The quantitative estimate of drug-likeness (QED) is 0.591. The molecular weight excluding hydrogens is 380 g/mol. The highest BCUT2D eigenvalue weighted by Gasteiger charge is 2.53. The minimum Gasteiger partial charge on any atom is -0.483 e. The molecule has 2 fully saturated rings. The van der Waals surface area contributed by atoms with Gasteiger partial charge in [0.15, 0.2) is 5.76 Å². The van der Waals surface area contributed by atoms with Crippen molar-refractivity contribution in [2.45, 2.75) is 45.1 Å². The zero-order chi connectivity index (χ0) is 20.7. The topological polar surface area (TPSA) is 12.5 Å². The zero-order valence-electron chi connectivity index (χ0n) is 17.4. The number of fused-ring (bicyclic) bond motifs is 3. The lowest BCUT2D eigenvalue weighted by Crippen LogP contribution is -2.31. The van der Waals surface area contributed by atoms with Gasteiger partial charge >= 0.3 is 0 Å². The standard InChI is InChI=1S/C26H25F2NO/c1-3-29-15-25(8-9-25)13-23(29)24-12-18(14-30-24)17-5-7-20-19-6-4-16(2)10-21(19)26(27,28)22(20)11-17/h4-7,10-11,23H,3,8-9,13-15H2,1-2H3. The van der Waals surface area contributed by atoms with Gasteiger partial charge in [-0.15, -0.1) is 0 Å². The molecule has 4 heteroatoms. The van der Waals surface area contributed by atoms with Crippen LogP contribution in [0.15, 0.2) is 47.9 Å². The van der Waals surface area contributed by atoms with E-state index in [1.54, 1.807) is 12.1 Å². The molecule has 6 rings (SSSR count). The van der Waals surface area contributed by atoms with Crippen LogP contribution >= 0.6 is 0 Å². The molecular formula is C26H25F2NO. The number of hydrogen-bond acceptors (Lipinski definition) is 2. The number of benzene rings is 2. The highest BCUT2D eigenvalue weighted by molar-refractivity contribution is 5.82. The summed E-state index contributed by atoms with van der Waals surface area (Å²) in [6.07, 6.45) is 3.75. The molecule has 0 amide bonds. The normalized spacial score (nSPS) is 25.0. The van der Waals surface area contributed by atoms with E-state index in [9.17, 15) is 0 Å². The van der Waals surface area contributed by atoms with Crippen molar-refractivity contribution < 1.29 is 13.5 Å². The van der Waals surface area contributed by atoms with Crippen LogP contribution in [0.3, 0.4) is 0 Å². The third kappa shape index (κ3) is 2.57. The van der Waals surface area contributed by atoms with Crippen LogP contribution in [0, 0.1) is 12.3 Å². The van der Waals surface area contributed by atoms with Crippen molar-refractivity contribution in [3.8, 4) is 11.1 Å². The Bertz CT molecular complexity index is 1140. The minimum atomic E-state index is -2.97. The summed E-state index contributed by atoms with van der Waals surface area (Å²) in [5.41, 5.74) is 7.93. The lowest BCUT2D eigenvalue weighted by Gasteiger charge is -2.22. The first-order chi connectivity index (χ1) is 14.4. The lowest BCUT2D eigenvalue weighted by atomic mass is 9.99. The molecule has 2 aromatic carbocycles. The van der Waals surface area contributed by atoms with Crippen LogP contribution < -0.4 is 0 Å². The van der Waals surface area contributed by atoms with Crippen LogP contribution in [-0.4, -0.2) is 30.6 Å². The van der Waals surface area contributed by atoms with Gasteiger partial charge in [-0.25, -0.2) is 0 Å². The van der Waals surface area contributed by atoms with E-state index in [1.165, 1.54) is 12.8 Å². The second-order valence-corrected chi connectivity index (χ2v) is 9.42. The maximum absolute atomic E-state index is 15.2. The van der Waals surface area contributed by atoms with E-state index in [-0.39, 0.29) is 17.2 Å². The number of likely N-dealkylation sites (tertiary alicyclic amines) is 1. The first kappa shape index (κ1) is 18.4. The third-order valence-electron chi connectivity index (χ3n) is 7.43. The van der Waals surface area contributed by atoms with Crippen molar-refractivity contribution in [3.05, 3.63) is 70.1 Å².